The van der Waals surface area contributed by atoms with Gasteiger partial charge in [0.05, 0.1) is 19.4 Å². The lowest BCUT2D eigenvalue weighted by Crippen LogP contribution is -3.15. The second kappa shape index (κ2) is 8.88. The number of quaternary nitrogens is 1. The van der Waals surface area contributed by atoms with E-state index in [1.165, 1.54) is 6.21 Å². The van der Waals surface area contributed by atoms with Gasteiger partial charge >= 0.3 is 5.91 Å². The molecule has 7 nitrogen and oxygen atoms in total. The number of phenols is 1. The molecule has 1 aliphatic heterocycles. The minimum Gasteiger partial charge on any atom is -0.507 e. The first-order valence-corrected chi connectivity index (χ1v) is 9.08. The van der Waals surface area contributed by atoms with Crippen LogP contribution in [0.1, 0.15) is 17.2 Å². The summed E-state index contributed by atoms with van der Waals surface area (Å²) in [6.45, 7) is 2.74. The zero-order chi connectivity index (χ0) is 18.4. The summed E-state index contributed by atoms with van der Waals surface area (Å²) in [7, 11) is 0. The fourth-order valence-corrected chi connectivity index (χ4v) is 3.29. The van der Waals surface area contributed by atoms with Gasteiger partial charge in [0.15, 0.2) is 6.04 Å². The molecule has 2 aromatic rings. The van der Waals surface area contributed by atoms with Gasteiger partial charge in [-0.2, -0.15) is 5.10 Å². The van der Waals surface area contributed by atoms with Gasteiger partial charge in [-0.3, -0.25) is 9.78 Å². The van der Waals surface area contributed by atoms with Crippen LogP contribution in [0.25, 0.3) is 0 Å². The Morgan fingerprint density at radius 2 is 2.04 bits per heavy atom. The van der Waals surface area contributed by atoms with E-state index in [1.54, 1.807) is 30.6 Å². The molecule has 1 aliphatic rings. The van der Waals surface area contributed by atoms with E-state index in [0.717, 1.165) is 28.0 Å². The molecule has 1 aromatic heterocycles. The van der Waals surface area contributed by atoms with Crippen molar-refractivity contribution in [1.82, 2.24) is 10.4 Å². The molecule has 1 amide bonds. The molecule has 0 radical (unpaired) electrons. The molecule has 26 heavy (non-hydrogen) atoms. The summed E-state index contributed by atoms with van der Waals surface area (Å²) in [5.41, 5.74) is 3.99. The highest BCUT2D eigenvalue weighted by Gasteiger charge is 2.32. The molecule has 1 atom stereocenters. The lowest BCUT2D eigenvalue weighted by molar-refractivity contribution is -0.929. The molecule has 1 saturated heterocycles. The van der Waals surface area contributed by atoms with Crippen molar-refractivity contribution < 1.29 is 19.5 Å². The second-order valence-electron chi connectivity index (χ2n) is 5.92. The molecular formula is C18H20BrN4O3+. The Kier molecular flexibility index (Phi) is 6.32. The Bertz CT molecular complexity index is 779. The number of phenolic OH excluding ortho intramolecular Hbond substituents is 1. The van der Waals surface area contributed by atoms with E-state index in [0.29, 0.717) is 18.8 Å². The van der Waals surface area contributed by atoms with E-state index in [-0.39, 0.29) is 11.7 Å². The molecule has 3 rings (SSSR count). The van der Waals surface area contributed by atoms with Crippen molar-refractivity contribution in [2.45, 2.75) is 6.04 Å². The summed E-state index contributed by atoms with van der Waals surface area (Å²) in [4.78, 5) is 18.0. The van der Waals surface area contributed by atoms with Crippen LogP contribution in [0.2, 0.25) is 0 Å². The lowest BCUT2D eigenvalue weighted by Gasteiger charge is -2.30. The van der Waals surface area contributed by atoms with Gasteiger partial charge in [-0.1, -0.05) is 15.9 Å². The summed E-state index contributed by atoms with van der Waals surface area (Å²) >= 11 is 3.34. The van der Waals surface area contributed by atoms with E-state index in [1.807, 2.05) is 12.1 Å². The molecule has 136 valence electrons. The van der Waals surface area contributed by atoms with Crippen molar-refractivity contribution in [1.29, 1.82) is 0 Å². The number of rotatable bonds is 5. The highest BCUT2D eigenvalue weighted by molar-refractivity contribution is 9.10. The monoisotopic (exact) mass is 419 g/mol. The number of benzene rings is 1. The zero-order valence-corrected chi connectivity index (χ0v) is 15.6. The minimum absolute atomic E-state index is 0.0932. The Hall–Kier alpha value is -2.29. The number of carbonyl (C=O) groups is 1. The van der Waals surface area contributed by atoms with Crippen LogP contribution >= 0.6 is 15.9 Å². The van der Waals surface area contributed by atoms with Crippen molar-refractivity contribution in [3.63, 3.8) is 0 Å². The summed E-state index contributed by atoms with van der Waals surface area (Å²) in [6, 6.07) is 8.30. The van der Waals surface area contributed by atoms with E-state index in [2.05, 4.69) is 31.4 Å². The Morgan fingerprint density at radius 3 is 2.77 bits per heavy atom. The van der Waals surface area contributed by atoms with Crippen LogP contribution in [0, 0.1) is 0 Å². The molecule has 0 unspecified atom stereocenters. The average Bonchev–Trinajstić information content (AvgIpc) is 2.66. The SMILES string of the molecule is O=C(N/N=C/c1cc(Br)ccc1O)[C@@H](c1ccncc1)[NH+]1CCOCC1. The van der Waals surface area contributed by atoms with Crippen LogP contribution in [-0.4, -0.2) is 48.5 Å². The van der Waals surface area contributed by atoms with Crippen molar-refractivity contribution in [2.24, 2.45) is 5.10 Å². The topological polar surface area (TPSA) is 88.2 Å². The Labute approximate surface area is 159 Å². The van der Waals surface area contributed by atoms with Gasteiger partial charge in [0.2, 0.25) is 0 Å². The van der Waals surface area contributed by atoms with Gasteiger partial charge in [0, 0.05) is 28.0 Å². The van der Waals surface area contributed by atoms with E-state index in [9.17, 15) is 9.90 Å². The zero-order valence-electron chi connectivity index (χ0n) is 14.1. The highest BCUT2D eigenvalue weighted by Crippen LogP contribution is 2.20. The number of hydrazone groups is 1. The van der Waals surface area contributed by atoms with Gasteiger partial charge in [-0.05, 0) is 30.3 Å². The van der Waals surface area contributed by atoms with Crippen LogP contribution in [0.3, 0.4) is 0 Å². The van der Waals surface area contributed by atoms with Gasteiger partial charge in [0.25, 0.3) is 0 Å². The number of nitrogens with zero attached hydrogens (tertiary/aromatic N) is 2. The third-order valence-corrected chi connectivity index (χ3v) is 4.71. The number of pyridine rings is 1. The molecule has 0 bridgehead atoms. The molecule has 0 saturated carbocycles. The Morgan fingerprint density at radius 1 is 1.31 bits per heavy atom. The van der Waals surface area contributed by atoms with Gasteiger partial charge < -0.3 is 14.7 Å². The maximum atomic E-state index is 12.8. The standard InChI is InChI=1S/C18H19BrN4O3/c19-15-1-2-16(24)14(11-15)12-21-22-18(25)17(13-3-5-20-6-4-13)23-7-9-26-10-8-23/h1-6,11-12,17,24H,7-10H2,(H,22,25)/p+1/b21-12+/t17-/m1/s1. The number of hydrogen-bond acceptors (Lipinski definition) is 5. The number of hydrogen-bond donors (Lipinski definition) is 3. The maximum Gasteiger partial charge on any atom is 0.303 e. The van der Waals surface area contributed by atoms with Crippen molar-refractivity contribution in [3.05, 3.63) is 58.3 Å². The van der Waals surface area contributed by atoms with Crippen molar-refractivity contribution in [2.75, 3.05) is 26.3 Å². The van der Waals surface area contributed by atoms with Gasteiger partial charge in [-0.15, -0.1) is 0 Å². The van der Waals surface area contributed by atoms with Crippen LogP contribution in [0.5, 0.6) is 5.75 Å². The summed E-state index contributed by atoms with van der Waals surface area (Å²) in [5.74, 6) is -0.116. The minimum atomic E-state index is -0.393. The van der Waals surface area contributed by atoms with Crippen molar-refractivity contribution >= 4 is 28.1 Å². The third kappa shape index (κ3) is 4.66. The quantitative estimate of drug-likeness (QED) is 0.490. The van der Waals surface area contributed by atoms with Crippen molar-refractivity contribution in [3.8, 4) is 5.75 Å². The fourth-order valence-electron chi connectivity index (χ4n) is 2.91. The first kappa shape index (κ1) is 18.5. The van der Waals surface area contributed by atoms with E-state index < -0.39 is 6.04 Å². The largest absolute Gasteiger partial charge is 0.507 e. The van der Waals surface area contributed by atoms with Crippen LogP contribution < -0.4 is 10.3 Å². The third-order valence-electron chi connectivity index (χ3n) is 4.21. The fraction of sp³-hybridized carbons (Fsp3) is 0.278. The van der Waals surface area contributed by atoms with E-state index in [4.69, 9.17) is 4.74 Å². The first-order chi connectivity index (χ1) is 12.6. The number of morpholine rings is 1. The second-order valence-corrected chi connectivity index (χ2v) is 6.84. The smallest absolute Gasteiger partial charge is 0.303 e. The van der Waals surface area contributed by atoms with Crippen LogP contribution in [0.4, 0.5) is 0 Å². The number of ether oxygens (including phenoxy) is 1. The summed E-state index contributed by atoms with van der Waals surface area (Å²) < 4.78 is 6.22. The maximum absolute atomic E-state index is 12.8. The highest BCUT2D eigenvalue weighted by atomic mass is 79.9. The predicted molar refractivity (Wildman–Crippen MR) is 100 cm³/mol. The number of aromatic hydroxyl groups is 1. The van der Waals surface area contributed by atoms with E-state index >= 15 is 0 Å². The lowest BCUT2D eigenvalue weighted by atomic mass is 10.1. The molecule has 8 heteroatoms. The Balaban J connectivity index is 1.75. The van der Waals surface area contributed by atoms with Gasteiger partial charge in [-0.25, -0.2) is 5.43 Å². The number of nitrogens with one attached hydrogen (secondary N) is 2. The average molecular weight is 420 g/mol. The molecule has 0 aliphatic carbocycles. The molecule has 2 heterocycles. The van der Waals surface area contributed by atoms with Gasteiger partial charge in [0.1, 0.15) is 18.8 Å². The number of amides is 1. The summed E-state index contributed by atoms with van der Waals surface area (Å²) in [6.07, 6.45) is 4.78. The number of aromatic nitrogens is 1. The summed E-state index contributed by atoms with van der Waals surface area (Å²) in [5, 5.41) is 13.9. The van der Waals surface area contributed by atoms with Crippen LogP contribution in [-0.2, 0) is 9.53 Å². The van der Waals surface area contributed by atoms with Crippen LogP contribution in [0.15, 0.2) is 52.3 Å². The predicted octanol–water partition coefficient (Wildman–Crippen LogP) is 0.656. The first-order valence-electron chi connectivity index (χ1n) is 8.29. The molecule has 1 fully saturated rings. The molecule has 0 spiro atoms. The normalized spacial score (nSPS) is 16.5. The number of halogens is 1. The molecule has 1 aromatic carbocycles. The molecular weight excluding hydrogens is 400 g/mol. The molecule has 3 N–H and O–H groups in total. The number of carbonyl (C=O) groups excluding carboxylic acids is 1.